The Morgan fingerprint density at radius 1 is 0.487 bits per heavy atom. The number of benzene rings is 3. The average Bonchev–Trinajstić information content (AvgIpc) is 2.93. The molecule has 3 aromatic carbocycles. The SMILES string of the molecule is NCC#Cc1cc(C#CCN)cc(-c2cc(-c3cc(C#CCN)cc(C#CCCN)c3)cc(C(F)(F)F)c2)c1. The molecule has 196 valence electrons. The number of hydrogen-bond donors (Lipinski definition) is 4. The van der Waals surface area contributed by atoms with Gasteiger partial charge in [-0.25, -0.2) is 0 Å². The highest BCUT2D eigenvalue weighted by molar-refractivity contribution is 5.77. The molecular weight excluding hydrogens is 497 g/mol. The van der Waals surface area contributed by atoms with E-state index in [-0.39, 0.29) is 19.6 Å². The topological polar surface area (TPSA) is 104 Å². The molecule has 0 bridgehead atoms. The van der Waals surface area contributed by atoms with Crippen LogP contribution in [0.5, 0.6) is 0 Å². The molecule has 0 amide bonds. The first-order valence-corrected chi connectivity index (χ1v) is 12.1. The Morgan fingerprint density at radius 2 is 0.846 bits per heavy atom. The minimum absolute atomic E-state index is 0.141. The summed E-state index contributed by atoms with van der Waals surface area (Å²) >= 11 is 0. The largest absolute Gasteiger partial charge is 0.416 e. The van der Waals surface area contributed by atoms with E-state index in [0.29, 0.717) is 57.5 Å². The monoisotopic (exact) mass is 524 g/mol. The quantitative estimate of drug-likeness (QED) is 0.393. The molecule has 3 rings (SSSR count). The van der Waals surface area contributed by atoms with E-state index in [1.165, 1.54) is 0 Å². The van der Waals surface area contributed by atoms with Crippen LogP contribution in [0.15, 0.2) is 54.6 Å². The van der Waals surface area contributed by atoms with Crippen LogP contribution >= 0.6 is 0 Å². The molecule has 4 nitrogen and oxygen atoms in total. The van der Waals surface area contributed by atoms with Gasteiger partial charge in [-0.2, -0.15) is 13.2 Å². The summed E-state index contributed by atoms with van der Waals surface area (Å²) in [7, 11) is 0. The maximum atomic E-state index is 14.1. The molecule has 3 aromatic rings. The van der Waals surface area contributed by atoms with E-state index in [0.717, 1.165) is 12.1 Å². The van der Waals surface area contributed by atoms with E-state index in [9.17, 15) is 13.2 Å². The van der Waals surface area contributed by atoms with Gasteiger partial charge >= 0.3 is 6.18 Å². The van der Waals surface area contributed by atoms with E-state index < -0.39 is 11.7 Å². The minimum Gasteiger partial charge on any atom is -0.330 e. The van der Waals surface area contributed by atoms with Gasteiger partial charge in [0.05, 0.1) is 25.2 Å². The van der Waals surface area contributed by atoms with Crippen molar-refractivity contribution in [2.75, 3.05) is 26.2 Å². The average molecular weight is 525 g/mol. The normalized spacial score (nSPS) is 10.1. The molecule has 8 N–H and O–H groups in total. The smallest absolute Gasteiger partial charge is 0.330 e. The van der Waals surface area contributed by atoms with Crippen LogP contribution in [0.2, 0.25) is 0 Å². The summed E-state index contributed by atoms with van der Waals surface area (Å²) in [5, 5.41) is 0. The fraction of sp³-hybridized carbons (Fsp3) is 0.188. The summed E-state index contributed by atoms with van der Waals surface area (Å²) in [6, 6.07) is 14.3. The third-order valence-corrected chi connectivity index (χ3v) is 5.30. The van der Waals surface area contributed by atoms with Gasteiger partial charge in [0.25, 0.3) is 0 Å². The molecule has 0 heterocycles. The first-order chi connectivity index (χ1) is 18.8. The van der Waals surface area contributed by atoms with Crippen LogP contribution in [-0.4, -0.2) is 26.2 Å². The highest BCUT2D eigenvalue weighted by Crippen LogP contribution is 2.37. The molecule has 0 aliphatic heterocycles. The van der Waals surface area contributed by atoms with Crippen molar-refractivity contribution in [3.8, 4) is 69.6 Å². The Kier molecular flexibility index (Phi) is 10.4. The summed E-state index contributed by atoms with van der Waals surface area (Å²) in [6.45, 7) is 0.823. The molecule has 0 aliphatic rings. The molecule has 7 heteroatoms. The van der Waals surface area contributed by atoms with Crippen molar-refractivity contribution >= 4 is 0 Å². The van der Waals surface area contributed by atoms with Crippen molar-refractivity contribution in [1.29, 1.82) is 0 Å². The van der Waals surface area contributed by atoms with Crippen LogP contribution in [0.3, 0.4) is 0 Å². The number of hydrogen-bond acceptors (Lipinski definition) is 4. The van der Waals surface area contributed by atoms with Crippen LogP contribution < -0.4 is 22.9 Å². The van der Waals surface area contributed by atoms with Crippen LogP contribution in [-0.2, 0) is 6.18 Å². The Hall–Kier alpha value is -4.47. The van der Waals surface area contributed by atoms with Crippen molar-refractivity contribution in [3.63, 3.8) is 0 Å². The van der Waals surface area contributed by atoms with Gasteiger partial charge in [-0.1, -0.05) is 47.4 Å². The molecule has 0 radical (unpaired) electrons. The van der Waals surface area contributed by atoms with Gasteiger partial charge in [0, 0.05) is 35.2 Å². The Morgan fingerprint density at radius 3 is 1.18 bits per heavy atom. The second-order valence-corrected chi connectivity index (χ2v) is 8.25. The van der Waals surface area contributed by atoms with Crippen molar-refractivity contribution in [3.05, 3.63) is 82.4 Å². The van der Waals surface area contributed by atoms with Gasteiger partial charge in [0.2, 0.25) is 0 Å². The van der Waals surface area contributed by atoms with Crippen molar-refractivity contribution in [1.82, 2.24) is 0 Å². The molecule has 0 aliphatic carbocycles. The third-order valence-electron chi connectivity index (χ3n) is 5.30. The van der Waals surface area contributed by atoms with Crippen LogP contribution in [0, 0.1) is 47.4 Å². The third kappa shape index (κ3) is 8.53. The molecule has 0 spiro atoms. The van der Waals surface area contributed by atoms with Crippen molar-refractivity contribution < 1.29 is 13.2 Å². The maximum Gasteiger partial charge on any atom is 0.416 e. The zero-order valence-corrected chi connectivity index (χ0v) is 21.2. The van der Waals surface area contributed by atoms with Crippen molar-refractivity contribution in [2.24, 2.45) is 22.9 Å². The van der Waals surface area contributed by atoms with Gasteiger partial charge in [-0.15, -0.1) is 0 Å². The number of rotatable bonds is 3. The highest BCUT2D eigenvalue weighted by Gasteiger charge is 2.31. The fourth-order valence-electron chi connectivity index (χ4n) is 3.70. The highest BCUT2D eigenvalue weighted by atomic mass is 19.4. The lowest BCUT2D eigenvalue weighted by atomic mass is 9.92. The van der Waals surface area contributed by atoms with Gasteiger partial charge < -0.3 is 22.9 Å². The number of nitrogens with two attached hydrogens (primary N) is 4. The second-order valence-electron chi connectivity index (χ2n) is 8.25. The molecule has 0 aromatic heterocycles. The summed E-state index contributed by atoms with van der Waals surface area (Å²) in [6.07, 6.45) is -4.09. The van der Waals surface area contributed by atoms with Crippen LogP contribution in [0.1, 0.15) is 34.2 Å². The van der Waals surface area contributed by atoms with Crippen molar-refractivity contribution in [2.45, 2.75) is 12.6 Å². The predicted molar refractivity (Wildman–Crippen MR) is 151 cm³/mol. The van der Waals surface area contributed by atoms with E-state index in [1.54, 1.807) is 42.5 Å². The Labute approximate surface area is 227 Å². The Bertz CT molecular complexity index is 1550. The first-order valence-electron chi connectivity index (χ1n) is 12.1. The van der Waals surface area contributed by atoms with Gasteiger partial charge in [-0.05, 0) is 76.9 Å². The fourth-order valence-corrected chi connectivity index (χ4v) is 3.70. The molecule has 0 fully saturated rings. The summed E-state index contributed by atoms with van der Waals surface area (Å²) in [4.78, 5) is 0. The standard InChI is InChI=1S/C32H27F3N4/c33-32(34,35)31-21-29(27-16-23(6-1-2-10-36)14-24(17-27)7-3-11-37)20-30(22-31)28-18-25(8-4-12-38)15-26(19-28)9-5-13-39/h14-22H,2,10-13,36-39H2. The van der Waals surface area contributed by atoms with E-state index >= 15 is 0 Å². The molecule has 0 atom stereocenters. The first kappa shape index (κ1) is 29.1. The molecule has 0 unspecified atom stereocenters. The van der Waals surface area contributed by atoms with Gasteiger partial charge in [-0.3, -0.25) is 0 Å². The van der Waals surface area contributed by atoms with E-state index in [4.69, 9.17) is 22.9 Å². The summed E-state index contributed by atoms with van der Waals surface area (Å²) in [5.74, 6) is 23.1. The second kappa shape index (κ2) is 13.9. The molecular formula is C32H27F3N4. The van der Waals surface area contributed by atoms with Crippen LogP contribution in [0.4, 0.5) is 13.2 Å². The molecule has 0 saturated heterocycles. The lowest BCUT2D eigenvalue weighted by Crippen LogP contribution is -2.05. The van der Waals surface area contributed by atoms with E-state index in [1.807, 2.05) is 0 Å². The maximum absolute atomic E-state index is 14.1. The molecule has 39 heavy (non-hydrogen) atoms. The molecule has 0 saturated carbocycles. The zero-order valence-electron chi connectivity index (χ0n) is 21.2. The van der Waals surface area contributed by atoms with E-state index in [2.05, 4.69) is 47.4 Å². The van der Waals surface area contributed by atoms with Gasteiger partial charge in [0.15, 0.2) is 0 Å². The lowest BCUT2D eigenvalue weighted by Gasteiger charge is -2.14. The zero-order chi connectivity index (χ0) is 28.3. The predicted octanol–water partition coefficient (Wildman–Crippen LogP) is 3.67. The number of halogens is 3. The summed E-state index contributed by atoms with van der Waals surface area (Å²) in [5.41, 5.74) is 25.4. The Balaban J connectivity index is 2.29. The summed E-state index contributed by atoms with van der Waals surface area (Å²) < 4.78 is 42.2. The number of alkyl halides is 3. The minimum atomic E-state index is -4.58. The van der Waals surface area contributed by atoms with Crippen LogP contribution in [0.25, 0.3) is 22.3 Å². The lowest BCUT2D eigenvalue weighted by molar-refractivity contribution is -0.137. The van der Waals surface area contributed by atoms with Gasteiger partial charge in [0.1, 0.15) is 0 Å².